The predicted molar refractivity (Wildman–Crippen MR) is 61.8 cm³/mol. The van der Waals surface area contributed by atoms with Gasteiger partial charge in [-0.3, -0.25) is 9.59 Å². The zero-order valence-corrected chi connectivity index (χ0v) is 9.66. The normalized spacial score (nSPS) is 17.1. The van der Waals surface area contributed by atoms with Crippen LogP contribution in [0.3, 0.4) is 0 Å². The van der Waals surface area contributed by atoms with Crippen molar-refractivity contribution in [2.75, 3.05) is 6.54 Å². The highest BCUT2D eigenvalue weighted by molar-refractivity contribution is 6.30. The lowest BCUT2D eigenvalue weighted by atomic mass is 10.1. The van der Waals surface area contributed by atoms with Crippen molar-refractivity contribution in [3.8, 4) is 5.75 Å². The maximum Gasteiger partial charge on any atom is 0.261 e. The van der Waals surface area contributed by atoms with Crippen LogP contribution in [0.1, 0.15) is 5.56 Å². The van der Waals surface area contributed by atoms with Gasteiger partial charge in [-0.25, -0.2) is 0 Å². The molecule has 2 amide bonds. The second-order valence-electron chi connectivity index (χ2n) is 3.75. The van der Waals surface area contributed by atoms with Crippen molar-refractivity contribution in [2.24, 2.45) is 5.73 Å². The molecule has 1 unspecified atom stereocenters. The fourth-order valence-corrected chi connectivity index (χ4v) is 1.85. The van der Waals surface area contributed by atoms with Gasteiger partial charge in [-0.2, -0.15) is 0 Å². The second-order valence-corrected chi connectivity index (χ2v) is 4.18. The van der Waals surface area contributed by atoms with Crippen molar-refractivity contribution in [1.82, 2.24) is 5.32 Å². The van der Waals surface area contributed by atoms with Crippen LogP contribution in [0.5, 0.6) is 5.75 Å². The molecule has 0 radical (unpaired) electrons. The Morgan fingerprint density at radius 2 is 2.29 bits per heavy atom. The van der Waals surface area contributed by atoms with Gasteiger partial charge < -0.3 is 15.8 Å². The third kappa shape index (κ3) is 2.68. The van der Waals surface area contributed by atoms with E-state index >= 15 is 0 Å². The molecule has 1 atom stereocenters. The number of carbonyl (C=O) groups excluding carboxylic acids is 2. The van der Waals surface area contributed by atoms with Gasteiger partial charge in [-0.05, 0) is 23.8 Å². The van der Waals surface area contributed by atoms with E-state index in [1.165, 1.54) is 0 Å². The van der Waals surface area contributed by atoms with E-state index in [2.05, 4.69) is 5.32 Å². The fraction of sp³-hybridized carbons (Fsp3) is 0.273. The molecular formula is C11H11ClN2O3. The first-order valence-corrected chi connectivity index (χ1v) is 5.45. The van der Waals surface area contributed by atoms with Gasteiger partial charge in [0.05, 0.1) is 6.54 Å². The standard InChI is InChI=1S/C11H11ClN2O3/c12-7-1-2-8-6(3-7)4-9(17-8)11(16)14-5-10(13)15/h1-3,9H,4-5H2,(H2,13,15)(H,14,16). The van der Waals surface area contributed by atoms with Gasteiger partial charge in [0.15, 0.2) is 6.10 Å². The highest BCUT2D eigenvalue weighted by Crippen LogP contribution is 2.30. The van der Waals surface area contributed by atoms with Crippen molar-refractivity contribution in [3.63, 3.8) is 0 Å². The van der Waals surface area contributed by atoms with E-state index < -0.39 is 12.0 Å². The van der Waals surface area contributed by atoms with E-state index in [-0.39, 0.29) is 12.5 Å². The quantitative estimate of drug-likeness (QED) is 0.811. The lowest BCUT2D eigenvalue weighted by Gasteiger charge is -2.09. The molecule has 3 N–H and O–H groups in total. The third-order valence-corrected chi connectivity index (χ3v) is 2.66. The number of nitrogens with one attached hydrogen (secondary N) is 1. The maximum absolute atomic E-state index is 11.6. The van der Waals surface area contributed by atoms with Crippen LogP contribution in [0.15, 0.2) is 18.2 Å². The first kappa shape index (κ1) is 11.7. The van der Waals surface area contributed by atoms with E-state index in [0.29, 0.717) is 17.2 Å². The molecule has 0 saturated heterocycles. The summed E-state index contributed by atoms with van der Waals surface area (Å²) in [5.74, 6) is -0.290. The molecule has 1 aliphatic rings. The molecule has 5 nitrogen and oxygen atoms in total. The van der Waals surface area contributed by atoms with Crippen molar-refractivity contribution >= 4 is 23.4 Å². The number of primary amides is 1. The average molecular weight is 255 g/mol. The summed E-state index contributed by atoms with van der Waals surface area (Å²) in [5, 5.41) is 3.00. The van der Waals surface area contributed by atoms with E-state index in [0.717, 1.165) is 5.56 Å². The first-order valence-electron chi connectivity index (χ1n) is 5.07. The number of rotatable bonds is 3. The molecular weight excluding hydrogens is 244 g/mol. The van der Waals surface area contributed by atoms with Crippen molar-refractivity contribution in [1.29, 1.82) is 0 Å². The molecule has 1 aromatic rings. The van der Waals surface area contributed by atoms with Gasteiger partial charge in [0.1, 0.15) is 5.75 Å². The van der Waals surface area contributed by atoms with Crippen LogP contribution in [-0.4, -0.2) is 24.5 Å². The Balaban J connectivity index is 2.00. The molecule has 1 aliphatic heterocycles. The topological polar surface area (TPSA) is 81.4 Å². The molecule has 0 saturated carbocycles. The van der Waals surface area contributed by atoms with Crippen molar-refractivity contribution in [2.45, 2.75) is 12.5 Å². The summed E-state index contributed by atoms with van der Waals surface area (Å²) in [6, 6.07) is 5.18. The molecule has 0 bridgehead atoms. The lowest BCUT2D eigenvalue weighted by molar-refractivity contribution is -0.129. The molecule has 0 aliphatic carbocycles. The molecule has 6 heteroatoms. The van der Waals surface area contributed by atoms with Crippen LogP contribution in [0.25, 0.3) is 0 Å². The monoisotopic (exact) mass is 254 g/mol. The Kier molecular flexibility index (Phi) is 3.19. The third-order valence-electron chi connectivity index (χ3n) is 2.43. The number of fused-ring (bicyclic) bond motifs is 1. The van der Waals surface area contributed by atoms with E-state index in [1.54, 1.807) is 18.2 Å². The van der Waals surface area contributed by atoms with Crippen molar-refractivity contribution < 1.29 is 14.3 Å². The SMILES string of the molecule is NC(=O)CNC(=O)C1Cc2cc(Cl)ccc2O1. The number of benzene rings is 1. The van der Waals surface area contributed by atoms with Crippen LogP contribution >= 0.6 is 11.6 Å². The number of hydrogen-bond donors (Lipinski definition) is 2. The van der Waals surface area contributed by atoms with Crippen molar-refractivity contribution in [3.05, 3.63) is 28.8 Å². The fourth-order valence-electron chi connectivity index (χ4n) is 1.65. The number of ether oxygens (including phenoxy) is 1. The summed E-state index contributed by atoms with van der Waals surface area (Å²) in [6.45, 7) is -0.185. The number of amides is 2. The van der Waals surface area contributed by atoms with Gasteiger partial charge in [0, 0.05) is 11.4 Å². The Labute approximate surface area is 103 Å². The van der Waals surface area contributed by atoms with E-state index in [1.807, 2.05) is 0 Å². The molecule has 1 heterocycles. The number of halogens is 1. The summed E-state index contributed by atoms with van der Waals surface area (Å²) in [7, 11) is 0. The number of hydrogen-bond acceptors (Lipinski definition) is 3. The van der Waals surface area contributed by atoms with E-state index in [9.17, 15) is 9.59 Å². The van der Waals surface area contributed by atoms with Crippen LogP contribution in [0.2, 0.25) is 5.02 Å². The molecule has 17 heavy (non-hydrogen) atoms. The largest absolute Gasteiger partial charge is 0.480 e. The van der Waals surface area contributed by atoms with Crippen LogP contribution in [0, 0.1) is 0 Å². The molecule has 2 rings (SSSR count). The van der Waals surface area contributed by atoms with Gasteiger partial charge in [0.2, 0.25) is 5.91 Å². The minimum absolute atomic E-state index is 0.185. The summed E-state index contributed by atoms with van der Waals surface area (Å²) in [4.78, 5) is 22.2. The van der Waals surface area contributed by atoms with Gasteiger partial charge >= 0.3 is 0 Å². The van der Waals surface area contributed by atoms with E-state index in [4.69, 9.17) is 22.1 Å². The summed E-state index contributed by atoms with van der Waals surface area (Å²) in [5.41, 5.74) is 5.82. The van der Waals surface area contributed by atoms with Gasteiger partial charge in [0.25, 0.3) is 5.91 Å². The maximum atomic E-state index is 11.6. The van der Waals surface area contributed by atoms with Crippen LogP contribution in [-0.2, 0) is 16.0 Å². The summed E-state index contributed by atoms with van der Waals surface area (Å²) >= 11 is 5.84. The molecule has 90 valence electrons. The first-order chi connectivity index (χ1) is 8.06. The van der Waals surface area contributed by atoms with Crippen LogP contribution < -0.4 is 15.8 Å². The summed E-state index contributed by atoms with van der Waals surface area (Å²) in [6.07, 6.45) is -0.177. The lowest BCUT2D eigenvalue weighted by Crippen LogP contribution is -2.41. The number of nitrogens with two attached hydrogens (primary N) is 1. The molecule has 0 aromatic heterocycles. The second kappa shape index (κ2) is 4.63. The Bertz CT molecular complexity index is 476. The average Bonchev–Trinajstić information content (AvgIpc) is 2.68. The highest BCUT2D eigenvalue weighted by atomic mass is 35.5. The molecule has 1 aromatic carbocycles. The Hall–Kier alpha value is -1.75. The Morgan fingerprint density at radius 3 is 3.00 bits per heavy atom. The van der Waals surface area contributed by atoms with Gasteiger partial charge in [-0.15, -0.1) is 0 Å². The minimum Gasteiger partial charge on any atom is -0.480 e. The predicted octanol–water partition coefficient (Wildman–Crippen LogP) is 0.245. The zero-order valence-electron chi connectivity index (χ0n) is 8.90. The highest BCUT2D eigenvalue weighted by Gasteiger charge is 2.29. The molecule has 0 fully saturated rings. The Morgan fingerprint density at radius 1 is 1.53 bits per heavy atom. The minimum atomic E-state index is -0.622. The van der Waals surface area contributed by atoms with Gasteiger partial charge in [-0.1, -0.05) is 11.6 Å². The summed E-state index contributed by atoms with van der Waals surface area (Å²) < 4.78 is 5.43. The number of carbonyl (C=O) groups is 2. The van der Waals surface area contributed by atoms with Crippen LogP contribution in [0.4, 0.5) is 0 Å². The smallest absolute Gasteiger partial charge is 0.261 e. The molecule has 0 spiro atoms. The zero-order chi connectivity index (χ0) is 12.4.